The summed E-state index contributed by atoms with van der Waals surface area (Å²) >= 11 is 0. The lowest BCUT2D eigenvalue weighted by atomic mass is 10.2. The molecule has 1 amide bonds. The number of phenolic OH excluding ortho intramolecular Hbond substituents is 1. The molecule has 0 bridgehead atoms. The van der Waals surface area contributed by atoms with Crippen LogP contribution in [0, 0.1) is 0 Å². The van der Waals surface area contributed by atoms with Gasteiger partial charge >= 0.3 is 0 Å². The summed E-state index contributed by atoms with van der Waals surface area (Å²) in [5.74, 6) is 0.118. The first-order valence-corrected chi connectivity index (χ1v) is 4.80. The van der Waals surface area contributed by atoms with Crippen molar-refractivity contribution in [1.29, 1.82) is 0 Å². The van der Waals surface area contributed by atoms with E-state index < -0.39 is 0 Å². The van der Waals surface area contributed by atoms with E-state index in [2.05, 4.69) is 5.32 Å². The van der Waals surface area contributed by atoms with Crippen molar-refractivity contribution >= 4 is 11.6 Å². The number of anilines is 1. The highest BCUT2D eigenvalue weighted by molar-refractivity contribution is 5.96. The van der Waals surface area contributed by atoms with E-state index in [0.717, 1.165) is 0 Å². The Morgan fingerprint density at radius 1 is 1.53 bits per heavy atom. The zero-order valence-electron chi connectivity index (χ0n) is 9.19. The first kappa shape index (κ1) is 11.5. The Balaban J connectivity index is 2.85. The number of nitrogens with one attached hydrogen (secondary N) is 1. The van der Waals surface area contributed by atoms with Crippen molar-refractivity contribution < 1.29 is 9.90 Å². The maximum atomic E-state index is 11.8. The predicted octanol–water partition coefficient (Wildman–Crippen LogP) is 0.963. The molecule has 4 heteroatoms. The Morgan fingerprint density at radius 3 is 2.73 bits per heavy atom. The smallest absolute Gasteiger partial charge is 0.243 e. The minimum absolute atomic E-state index is 0.0388. The van der Waals surface area contributed by atoms with Crippen LogP contribution in [0.25, 0.3) is 0 Å². The molecule has 1 atom stereocenters. The monoisotopic (exact) mass is 208 g/mol. The molecule has 15 heavy (non-hydrogen) atoms. The predicted molar refractivity (Wildman–Crippen MR) is 60.0 cm³/mol. The summed E-state index contributed by atoms with van der Waals surface area (Å²) in [6, 6.07) is 6.37. The van der Waals surface area contributed by atoms with Gasteiger partial charge < -0.3 is 15.3 Å². The van der Waals surface area contributed by atoms with Crippen LogP contribution in [-0.4, -0.2) is 31.2 Å². The van der Waals surface area contributed by atoms with E-state index in [1.807, 2.05) is 0 Å². The van der Waals surface area contributed by atoms with Crippen molar-refractivity contribution in [3.63, 3.8) is 0 Å². The first-order chi connectivity index (χ1) is 7.06. The molecule has 0 saturated heterocycles. The summed E-state index contributed by atoms with van der Waals surface area (Å²) in [6.07, 6.45) is 0. The molecule has 0 spiro atoms. The number of phenols is 1. The molecule has 0 saturated carbocycles. The lowest BCUT2D eigenvalue weighted by Crippen LogP contribution is -2.41. The third kappa shape index (κ3) is 2.70. The van der Waals surface area contributed by atoms with Crippen LogP contribution < -0.4 is 10.2 Å². The molecule has 82 valence electrons. The van der Waals surface area contributed by atoms with E-state index in [-0.39, 0.29) is 17.7 Å². The number of benzene rings is 1. The van der Waals surface area contributed by atoms with Crippen LogP contribution in [0.4, 0.5) is 5.69 Å². The number of rotatable bonds is 3. The van der Waals surface area contributed by atoms with Gasteiger partial charge in [-0.15, -0.1) is 0 Å². The lowest BCUT2D eigenvalue weighted by Gasteiger charge is -2.21. The number of hydrogen-bond donors (Lipinski definition) is 2. The van der Waals surface area contributed by atoms with Crippen LogP contribution >= 0.6 is 0 Å². The van der Waals surface area contributed by atoms with Crippen molar-refractivity contribution in [3.05, 3.63) is 24.3 Å². The van der Waals surface area contributed by atoms with Gasteiger partial charge in [0.1, 0.15) is 5.75 Å². The fourth-order valence-corrected chi connectivity index (χ4v) is 1.24. The van der Waals surface area contributed by atoms with E-state index in [1.54, 1.807) is 45.3 Å². The number of hydrogen-bond acceptors (Lipinski definition) is 3. The van der Waals surface area contributed by atoms with Crippen molar-refractivity contribution in [2.75, 3.05) is 19.0 Å². The van der Waals surface area contributed by atoms with Crippen LogP contribution in [0.15, 0.2) is 24.3 Å². The highest BCUT2D eigenvalue weighted by Crippen LogP contribution is 2.19. The lowest BCUT2D eigenvalue weighted by molar-refractivity contribution is -0.119. The van der Waals surface area contributed by atoms with Crippen molar-refractivity contribution in [1.82, 2.24) is 5.32 Å². The molecule has 1 aromatic carbocycles. The van der Waals surface area contributed by atoms with Crippen LogP contribution in [0.1, 0.15) is 6.92 Å². The third-order valence-electron chi connectivity index (χ3n) is 2.35. The van der Waals surface area contributed by atoms with E-state index in [9.17, 15) is 9.90 Å². The van der Waals surface area contributed by atoms with E-state index in [0.29, 0.717) is 5.69 Å². The first-order valence-electron chi connectivity index (χ1n) is 4.80. The second kappa shape index (κ2) is 4.79. The highest BCUT2D eigenvalue weighted by Gasteiger charge is 2.16. The fourth-order valence-electron chi connectivity index (χ4n) is 1.24. The molecule has 1 unspecified atom stereocenters. The van der Waals surface area contributed by atoms with Gasteiger partial charge in [-0.05, 0) is 26.1 Å². The molecular formula is C11H16N2O2. The molecular weight excluding hydrogens is 192 g/mol. The van der Waals surface area contributed by atoms with Gasteiger partial charge in [-0.3, -0.25) is 4.79 Å². The Labute approximate surface area is 89.5 Å². The van der Waals surface area contributed by atoms with Gasteiger partial charge in [-0.1, -0.05) is 6.07 Å². The van der Waals surface area contributed by atoms with E-state index in [4.69, 9.17) is 0 Å². The quantitative estimate of drug-likeness (QED) is 0.778. The Bertz CT molecular complexity index is 352. The molecule has 0 aliphatic rings. The Morgan fingerprint density at radius 2 is 2.20 bits per heavy atom. The van der Waals surface area contributed by atoms with Gasteiger partial charge in [0.05, 0.1) is 6.04 Å². The van der Waals surface area contributed by atoms with Gasteiger partial charge in [-0.2, -0.15) is 0 Å². The largest absolute Gasteiger partial charge is 0.508 e. The van der Waals surface area contributed by atoms with Gasteiger partial charge in [0.2, 0.25) is 5.91 Å². The summed E-state index contributed by atoms with van der Waals surface area (Å²) in [7, 11) is 3.42. The van der Waals surface area contributed by atoms with Crippen LogP contribution in [0.5, 0.6) is 5.75 Å². The van der Waals surface area contributed by atoms with Gasteiger partial charge in [0, 0.05) is 18.8 Å². The highest BCUT2D eigenvalue weighted by atomic mass is 16.3. The van der Waals surface area contributed by atoms with Crippen molar-refractivity contribution in [3.8, 4) is 5.75 Å². The molecule has 2 N–H and O–H groups in total. The summed E-state index contributed by atoms with van der Waals surface area (Å²) in [5.41, 5.74) is 0.683. The van der Waals surface area contributed by atoms with Gasteiger partial charge in [-0.25, -0.2) is 0 Å². The second-order valence-corrected chi connectivity index (χ2v) is 3.43. The Kier molecular flexibility index (Phi) is 3.68. The average Bonchev–Trinajstić information content (AvgIpc) is 2.26. The number of carbonyl (C=O) groups is 1. The molecule has 1 aromatic rings. The minimum atomic E-state index is -0.239. The number of aromatic hydroxyl groups is 1. The number of carbonyl (C=O) groups excluding carboxylic acids is 1. The second-order valence-electron chi connectivity index (χ2n) is 3.43. The maximum absolute atomic E-state index is 11.8. The average molecular weight is 208 g/mol. The maximum Gasteiger partial charge on any atom is 0.243 e. The minimum Gasteiger partial charge on any atom is -0.508 e. The number of likely N-dealkylation sites (N-methyl/N-ethyl adjacent to an activating group) is 2. The molecule has 1 rings (SSSR count). The van der Waals surface area contributed by atoms with Crippen LogP contribution in [-0.2, 0) is 4.79 Å². The molecule has 0 aliphatic carbocycles. The third-order valence-corrected chi connectivity index (χ3v) is 2.35. The van der Waals surface area contributed by atoms with Crippen molar-refractivity contribution in [2.45, 2.75) is 13.0 Å². The van der Waals surface area contributed by atoms with Crippen LogP contribution in [0.3, 0.4) is 0 Å². The number of nitrogens with zero attached hydrogens (tertiary/aromatic N) is 1. The molecule has 0 radical (unpaired) electrons. The topological polar surface area (TPSA) is 52.6 Å². The fraction of sp³-hybridized carbons (Fsp3) is 0.364. The Hall–Kier alpha value is -1.55. The zero-order chi connectivity index (χ0) is 11.4. The van der Waals surface area contributed by atoms with Crippen molar-refractivity contribution in [2.24, 2.45) is 0 Å². The molecule has 0 fully saturated rings. The summed E-state index contributed by atoms with van der Waals surface area (Å²) in [4.78, 5) is 13.3. The summed E-state index contributed by atoms with van der Waals surface area (Å²) in [6.45, 7) is 1.79. The molecule has 4 nitrogen and oxygen atoms in total. The van der Waals surface area contributed by atoms with Gasteiger partial charge in [0.15, 0.2) is 0 Å². The molecule has 0 heterocycles. The standard InChI is InChI=1S/C11H16N2O2/c1-8(12-2)11(15)13(3)9-5-4-6-10(14)7-9/h4-8,12,14H,1-3H3. The van der Waals surface area contributed by atoms with Gasteiger partial charge in [0.25, 0.3) is 0 Å². The zero-order valence-corrected chi connectivity index (χ0v) is 9.19. The SMILES string of the molecule is CNC(C)C(=O)N(C)c1cccc(O)c1. The normalized spacial score (nSPS) is 12.2. The van der Waals surface area contributed by atoms with E-state index in [1.165, 1.54) is 4.90 Å². The van der Waals surface area contributed by atoms with Crippen LogP contribution in [0.2, 0.25) is 0 Å². The molecule has 0 aliphatic heterocycles. The molecule has 0 aromatic heterocycles. The summed E-state index contributed by atoms with van der Waals surface area (Å²) in [5, 5.41) is 12.2. The summed E-state index contributed by atoms with van der Waals surface area (Å²) < 4.78 is 0. The number of amides is 1. The van der Waals surface area contributed by atoms with E-state index >= 15 is 0 Å².